The summed E-state index contributed by atoms with van der Waals surface area (Å²) in [4.78, 5) is 0. The highest BCUT2D eigenvalue weighted by atomic mass is 35.5. The molecule has 0 rings (SSSR count). The minimum atomic E-state index is -3.86. The number of nitrogens with two attached hydrogens (primary N) is 1. The minimum absolute atomic E-state index is 0. The third-order valence-electron chi connectivity index (χ3n) is 0.362. The van der Waals surface area contributed by atoms with E-state index in [0.717, 1.165) is 0 Å². The van der Waals surface area contributed by atoms with Gasteiger partial charge >= 0.3 is 6.05 Å². The maximum atomic E-state index is 11.1. The summed E-state index contributed by atoms with van der Waals surface area (Å²) in [7, 11) is 0. The van der Waals surface area contributed by atoms with Crippen molar-refractivity contribution in [3.05, 3.63) is 12.4 Å². The normalized spacial score (nSPS) is 10.0. The quantitative estimate of drug-likeness (QED) is 0.558. The second-order valence-electron chi connectivity index (χ2n) is 1.03. The molecular weight excluding hydrogens is 142 g/mol. The molecule has 2 N–H and O–H groups in total. The van der Waals surface area contributed by atoms with Crippen LogP contribution in [0.1, 0.15) is 0 Å². The fraction of sp³-hybridized carbons (Fsp3) is 0.333. The van der Waals surface area contributed by atoms with Crippen LogP contribution in [0, 0.1) is 0 Å². The predicted octanol–water partition coefficient (Wildman–Crippen LogP) is 1.44. The molecule has 0 atom stereocenters. The lowest BCUT2D eigenvalue weighted by Crippen LogP contribution is -2.28. The minimum Gasteiger partial charge on any atom is -0.266 e. The number of alkyl halides is 2. The summed E-state index contributed by atoms with van der Waals surface area (Å²) in [6.45, 7) is 2.28. The zero-order chi connectivity index (χ0) is 6.08. The highest BCUT2D eigenvalue weighted by Crippen LogP contribution is 2.14. The van der Waals surface area contributed by atoms with E-state index in [2.05, 4.69) is 12.3 Å². The van der Waals surface area contributed by atoms with Gasteiger partial charge in [0.25, 0.3) is 0 Å². The van der Waals surface area contributed by atoms with Crippen LogP contribution in [0.2, 0.25) is 0 Å². The molecule has 0 aliphatic heterocycles. The van der Waals surface area contributed by atoms with Gasteiger partial charge in [-0.2, -0.15) is 8.78 Å². The summed E-state index contributed by atoms with van der Waals surface area (Å²) in [6.07, 6.45) is 0. The summed E-state index contributed by atoms with van der Waals surface area (Å²) >= 11 is 0. The molecule has 0 aliphatic rings. The molecule has 0 amide bonds. The first-order chi connectivity index (χ1) is 2.94. The van der Waals surface area contributed by atoms with E-state index >= 15 is 0 Å². The van der Waals surface area contributed by atoms with Gasteiger partial charge in [0.15, 0.2) is 5.83 Å². The van der Waals surface area contributed by atoms with Gasteiger partial charge in [0.1, 0.15) is 0 Å². The highest BCUT2D eigenvalue weighted by Gasteiger charge is 2.26. The van der Waals surface area contributed by atoms with Gasteiger partial charge < -0.3 is 0 Å². The first kappa shape index (κ1) is 10.7. The molecule has 50 valence electrons. The predicted molar refractivity (Wildman–Crippen MR) is 26.6 cm³/mol. The van der Waals surface area contributed by atoms with Crippen LogP contribution in [-0.2, 0) is 0 Å². The molecule has 0 heterocycles. The Morgan fingerprint density at radius 2 is 1.62 bits per heavy atom. The Hall–Kier alpha value is -0.220. The number of halogens is 4. The van der Waals surface area contributed by atoms with Crippen LogP contribution in [0.25, 0.3) is 0 Å². The molecule has 8 heavy (non-hydrogen) atoms. The van der Waals surface area contributed by atoms with Crippen molar-refractivity contribution in [2.75, 3.05) is 0 Å². The maximum absolute atomic E-state index is 11.1. The molecule has 1 nitrogen and oxygen atoms in total. The molecule has 0 bridgehead atoms. The Kier molecular flexibility index (Phi) is 3.93. The second-order valence-corrected chi connectivity index (χ2v) is 1.03. The lowest BCUT2D eigenvalue weighted by atomic mass is 10.5. The van der Waals surface area contributed by atoms with E-state index in [1.165, 1.54) is 0 Å². The average Bonchev–Trinajstić information content (AvgIpc) is 1.31. The van der Waals surface area contributed by atoms with Crippen LogP contribution >= 0.6 is 12.4 Å². The lowest BCUT2D eigenvalue weighted by molar-refractivity contribution is 0.0260. The van der Waals surface area contributed by atoms with E-state index in [0.29, 0.717) is 0 Å². The van der Waals surface area contributed by atoms with Crippen molar-refractivity contribution >= 4 is 12.4 Å². The SMILES string of the molecule is C=C(F)C(N)(F)F.Cl. The molecule has 5 heteroatoms. The van der Waals surface area contributed by atoms with Crippen LogP contribution in [0.3, 0.4) is 0 Å². The van der Waals surface area contributed by atoms with Gasteiger partial charge in [-0.05, 0) is 0 Å². The molecule has 0 fully saturated rings. The van der Waals surface area contributed by atoms with Gasteiger partial charge in [0.05, 0.1) is 0 Å². The molecular formula is C3H5ClF3N. The third-order valence-corrected chi connectivity index (χ3v) is 0.362. The van der Waals surface area contributed by atoms with E-state index in [-0.39, 0.29) is 12.4 Å². The standard InChI is InChI=1S/C3H4F3N.ClH/c1-2(4)3(5,6)7;/h1,7H2;1H. The monoisotopic (exact) mass is 147 g/mol. The molecule has 0 saturated carbocycles. The summed E-state index contributed by atoms with van der Waals surface area (Å²) in [5, 5.41) is 0. The molecule has 0 aromatic rings. The van der Waals surface area contributed by atoms with Crippen molar-refractivity contribution in [1.82, 2.24) is 0 Å². The molecule has 0 saturated heterocycles. The van der Waals surface area contributed by atoms with Crippen molar-refractivity contribution in [3.63, 3.8) is 0 Å². The van der Waals surface area contributed by atoms with Gasteiger partial charge in [-0.15, -0.1) is 12.4 Å². The van der Waals surface area contributed by atoms with Crippen molar-refractivity contribution in [2.24, 2.45) is 5.73 Å². The summed E-state index contributed by atoms with van der Waals surface area (Å²) in [5.41, 5.74) is 3.87. The Morgan fingerprint density at radius 1 is 1.50 bits per heavy atom. The Bertz CT molecular complexity index is 87.0. The van der Waals surface area contributed by atoms with Gasteiger partial charge in [-0.1, -0.05) is 6.58 Å². The molecule has 0 unspecified atom stereocenters. The first-order valence-electron chi connectivity index (χ1n) is 1.46. The van der Waals surface area contributed by atoms with E-state index < -0.39 is 11.9 Å². The molecule has 0 spiro atoms. The van der Waals surface area contributed by atoms with E-state index in [9.17, 15) is 13.2 Å². The van der Waals surface area contributed by atoms with Crippen LogP contribution in [0.5, 0.6) is 0 Å². The van der Waals surface area contributed by atoms with Gasteiger partial charge in [0, 0.05) is 0 Å². The molecule has 0 radical (unpaired) electrons. The lowest BCUT2D eigenvalue weighted by Gasteiger charge is -2.02. The zero-order valence-electron chi connectivity index (χ0n) is 3.83. The second kappa shape index (κ2) is 2.94. The van der Waals surface area contributed by atoms with Gasteiger partial charge in [0.2, 0.25) is 0 Å². The third kappa shape index (κ3) is 3.95. The maximum Gasteiger partial charge on any atom is 0.352 e. The average molecular weight is 148 g/mol. The van der Waals surface area contributed by atoms with Crippen LogP contribution in [0.15, 0.2) is 12.4 Å². The summed E-state index contributed by atoms with van der Waals surface area (Å²) < 4.78 is 33.4. The number of hydrogen-bond acceptors (Lipinski definition) is 1. The van der Waals surface area contributed by atoms with Crippen molar-refractivity contribution in [3.8, 4) is 0 Å². The summed E-state index contributed by atoms with van der Waals surface area (Å²) in [5.74, 6) is -1.81. The molecule has 0 aromatic heterocycles. The zero-order valence-corrected chi connectivity index (χ0v) is 4.64. The van der Waals surface area contributed by atoms with E-state index in [4.69, 9.17) is 0 Å². The van der Waals surface area contributed by atoms with Crippen LogP contribution in [-0.4, -0.2) is 6.05 Å². The highest BCUT2D eigenvalue weighted by molar-refractivity contribution is 5.85. The number of rotatable bonds is 1. The molecule has 0 aliphatic carbocycles. The largest absolute Gasteiger partial charge is 0.352 e. The Labute approximate surface area is 50.8 Å². The smallest absolute Gasteiger partial charge is 0.266 e. The summed E-state index contributed by atoms with van der Waals surface area (Å²) in [6, 6.07) is -3.86. The Morgan fingerprint density at radius 3 is 1.62 bits per heavy atom. The van der Waals surface area contributed by atoms with Crippen LogP contribution in [0.4, 0.5) is 13.2 Å². The number of hydrogen-bond donors (Lipinski definition) is 1. The van der Waals surface area contributed by atoms with Crippen molar-refractivity contribution < 1.29 is 13.2 Å². The van der Waals surface area contributed by atoms with E-state index in [1.54, 1.807) is 0 Å². The fourth-order valence-electron chi connectivity index (χ4n) is 0. The van der Waals surface area contributed by atoms with Gasteiger partial charge in [-0.3, -0.25) is 5.73 Å². The van der Waals surface area contributed by atoms with E-state index in [1.807, 2.05) is 0 Å². The Balaban J connectivity index is 0. The molecule has 0 aromatic carbocycles. The first-order valence-corrected chi connectivity index (χ1v) is 1.46. The topological polar surface area (TPSA) is 26.0 Å². The fourth-order valence-corrected chi connectivity index (χ4v) is 0. The van der Waals surface area contributed by atoms with Gasteiger partial charge in [-0.25, -0.2) is 4.39 Å². The van der Waals surface area contributed by atoms with Crippen LogP contribution < -0.4 is 5.73 Å². The van der Waals surface area contributed by atoms with Crippen molar-refractivity contribution in [2.45, 2.75) is 6.05 Å². The van der Waals surface area contributed by atoms with Crippen molar-refractivity contribution in [1.29, 1.82) is 0 Å².